The zero-order chi connectivity index (χ0) is 24.9. The van der Waals surface area contributed by atoms with Crippen molar-refractivity contribution in [3.8, 4) is 5.75 Å². The van der Waals surface area contributed by atoms with Gasteiger partial charge in [-0.2, -0.15) is 0 Å². The molecule has 3 aromatic rings. The molecule has 7 nitrogen and oxygen atoms in total. The topological polar surface area (TPSA) is 88.1 Å². The first-order valence-corrected chi connectivity index (χ1v) is 12.3. The minimum absolute atomic E-state index is 0.0638. The Morgan fingerprint density at radius 2 is 1.67 bits per heavy atom. The lowest BCUT2D eigenvalue weighted by molar-refractivity contribution is -0.0336. The Balaban J connectivity index is 1.29. The Kier molecular flexibility index (Phi) is 7.18. The highest BCUT2D eigenvalue weighted by molar-refractivity contribution is 5.87. The summed E-state index contributed by atoms with van der Waals surface area (Å²) >= 11 is 0. The van der Waals surface area contributed by atoms with E-state index in [1.165, 1.54) is 0 Å². The molecule has 7 heteroatoms. The van der Waals surface area contributed by atoms with Gasteiger partial charge in [-0.3, -0.25) is 4.90 Å². The smallest absolute Gasteiger partial charge is 0.408 e. The Morgan fingerprint density at radius 1 is 0.944 bits per heavy atom. The highest BCUT2D eigenvalue weighted by Gasteiger charge is 2.36. The number of carboxylic acid groups (broad SMARTS) is 1. The predicted molar refractivity (Wildman–Crippen MR) is 135 cm³/mol. The van der Waals surface area contributed by atoms with E-state index >= 15 is 0 Å². The van der Waals surface area contributed by atoms with E-state index in [0.717, 1.165) is 49.2 Å². The molecule has 2 N–H and O–H groups in total. The summed E-state index contributed by atoms with van der Waals surface area (Å²) in [5.74, 6) is 0.141. The van der Waals surface area contributed by atoms with E-state index in [0.29, 0.717) is 18.3 Å². The van der Waals surface area contributed by atoms with Gasteiger partial charge in [-0.15, -0.1) is 0 Å². The number of fused-ring (bicyclic) bond motifs is 3. The van der Waals surface area contributed by atoms with E-state index in [1.54, 1.807) is 24.3 Å². The molecule has 3 fully saturated rings. The van der Waals surface area contributed by atoms with Crippen molar-refractivity contribution in [3.63, 3.8) is 0 Å². The third kappa shape index (κ3) is 5.69. The molecule has 36 heavy (non-hydrogen) atoms. The quantitative estimate of drug-likeness (QED) is 0.472. The number of carbonyl (C=O) groups is 2. The van der Waals surface area contributed by atoms with Gasteiger partial charge in [-0.1, -0.05) is 54.6 Å². The number of piperidine rings is 3. The molecule has 6 rings (SSSR count). The SMILES string of the molecule is O=C(NC(c1ccccc1)c1cccc(OCc2ccc(C(=O)O)cc2)c1)OC1CN2CCC1CC2. The van der Waals surface area contributed by atoms with E-state index in [-0.39, 0.29) is 11.7 Å². The molecule has 3 saturated heterocycles. The van der Waals surface area contributed by atoms with Crippen LogP contribution in [-0.4, -0.2) is 47.8 Å². The Labute approximate surface area is 210 Å². The zero-order valence-corrected chi connectivity index (χ0v) is 20.0. The van der Waals surface area contributed by atoms with Gasteiger partial charge in [0.05, 0.1) is 11.6 Å². The average molecular weight is 487 g/mol. The summed E-state index contributed by atoms with van der Waals surface area (Å²) in [6, 6.07) is 23.7. The minimum atomic E-state index is -0.957. The Morgan fingerprint density at radius 3 is 2.33 bits per heavy atom. The third-order valence-electron chi connectivity index (χ3n) is 7.05. The maximum Gasteiger partial charge on any atom is 0.408 e. The molecule has 2 unspecified atom stereocenters. The molecule has 1 amide bonds. The normalized spacial score (nSPS) is 21.4. The van der Waals surface area contributed by atoms with Crippen LogP contribution in [0.15, 0.2) is 78.9 Å². The molecule has 2 bridgehead atoms. The average Bonchev–Trinajstić information content (AvgIpc) is 2.92. The zero-order valence-electron chi connectivity index (χ0n) is 20.0. The van der Waals surface area contributed by atoms with Crippen LogP contribution in [-0.2, 0) is 11.3 Å². The first-order chi connectivity index (χ1) is 17.5. The molecule has 0 aromatic heterocycles. The number of carboxylic acids is 1. The molecule has 186 valence electrons. The van der Waals surface area contributed by atoms with Gasteiger partial charge in [-0.05, 0) is 72.8 Å². The molecule has 0 aliphatic carbocycles. The molecule has 0 radical (unpaired) electrons. The van der Waals surface area contributed by atoms with Crippen molar-refractivity contribution in [1.29, 1.82) is 0 Å². The molecule has 2 atom stereocenters. The number of nitrogens with zero attached hydrogens (tertiary/aromatic N) is 1. The highest BCUT2D eigenvalue weighted by atomic mass is 16.6. The standard InChI is InChI=1S/C29H30N2O5/c32-28(33)23-11-9-20(10-12-23)19-35-25-8-4-7-24(17-25)27(22-5-2-1-3-6-22)30-29(34)36-26-18-31-15-13-21(26)14-16-31/h1-12,17,21,26-27H,13-16,18-19H2,(H,30,34)(H,32,33). The van der Waals surface area contributed by atoms with Crippen molar-refractivity contribution in [1.82, 2.24) is 10.2 Å². The van der Waals surface area contributed by atoms with E-state index in [2.05, 4.69) is 10.2 Å². The lowest BCUT2D eigenvalue weighted by atomic mass is 9.86. The number of benzene rings is 3. The van der Waals surface area contributed by atoms with Crippen LogP contribution >= 0.6 is 0 Å². The van der Waals surface area contributed by atoms with Gasteiger partial charge in [0.2, 0.25) is 0 Å². The molecule has 0 saturated carbocycles. The van der Waals surface area contributed by atoms with Crippen molar-refractivity contribution in [3.05, 3.63) is 101 Å². The summed E-state index contributed by atoms with van der Waals surface area (Å²) in [7, 11) is 0. The van der Waals surface area contributed by atoms with Gasteiger partial charge in [-0.25, -0.2) is 9.59 Å². The molecule has 3 aromatic carbocycles. The van der Waals surface area contributed by atoms with Gasteiger partial charge >= 0.3 is 12.1 Å². The van der Waals surface area contributed by atoms with Gasteiger partial charge in [0.15, 0.2) is 0 Å². The summed E-state index contributed by atoms with van der Waals surface area (Å²) < 4.78 is 11.9. The number of nitrogens with one attached hydrogen (secondary N) is 1. The number of alkyl carbamates (subject to hydrolysis) is 1. The molecule has 3 aliphatic heterocycles. The van der Waals surface area contributed by atoms with Gasteiger partial charge in [0.25, 0.3) is 0 Å². The largest absolute Gasteiger partial charge is 0.489 e. The van der Waals surface area contributed by atoms with Crippen LogP contribution in [0.3, 0.4) is 0 Å². The molecule has 0 spiro atoms. The minimum Gasteiger partial charge on any atom is -0.489 e. The second-order valence-electron chi connectivity index (χ2n) is 9.43. The number of carbonyl (C=O) groups excluding carboxylic acids is 1. The Bertz CT molecular complexity index is 1190. The number of ether oxygens (including phenoxy) is 2. The van der Waals surface area contributed by atoms with Gasteiger partial charge in [0, 0.05) is 6.54 Å². The van der Waals surface area contributed by atoms with Gasteiger partial charge < -0.3 is 19.9 Å². The monoisotopic (exact) mass is 486 g/mol. The number of hydrogen-bond donors (Lipinski definition) is 2. The lowest BCUT2D eigenvalue weighted by Crippen LogP contribution is -2.52. The van der Waals surface area contributed by atoms with E-state index in [1.807, 2.05) is 54.6 Å². The predicted octanol–water partition coefficient (Wildman–Crippen LogP) is 4.87. The fourth-order valence-electron chi connectivity index (χ4n) is 5.03. The fraction of sp³-hybridized carbons (Fsp3) is 0.310. The van der Waals surface area contributed by atoms with Crippen LogP contribution in [0.2, 0.25) is 0 Å². The van der Waals surface area contributed by atoms with Crippen LogP contribution in [0.1, 0.15) is 45.9 Å². The summed E-state index contributed by atoms with van der Waals surface area (Å²) in [6.07, 6.45) is 1.69. The van der Waals surface area contributed by atoms with Crippen LogP contribution in [0.4, 0.5) is 4.79 Å². The summed E-state index contributed by atoms with van der Waals surface area (Å²) in [5.41, 5.74) is 2.93. The van der Waals surface area contributed by atoms with Crippen molar-refractivity contribution in [2.45, 2.75) is 31.6 Å². The van der Waals surface area contributed by atoms with Crippen molar-refractivity contribution in [2.24, 2.45) is 5.92 Å². The van der Waals surface area contributed by atoms with Crippen molar-refractivity contribution < 1.29 is 24.2 Å². The molecule has 3 heterocycles. The van der Waals surface area contributed by atoms with Crippen LogP contribution in [0.5, 0.6) is 5.75 Å². The number of amides is 1. The summed E-state index contributed by atoms with van der Waals surface area (Å²) in [4.78, 5) is 26.4. The van der Waals surface area contributed by atoms with E-state index < -0.39 is 18.1 Å². The highest BCUT2D eigenvalue weighted by Crippen LogP contribution is 2.30. The van der Waals surface area contributed by atoms with Gasteiger partial charge in [0.1, 0.15) is 18.5 Å². The second-order valence-corrected chi connectivity index (χ2v) is 9.43. The number of hydrogen-bond acceptors (Lipinski definition) is 5. The lowest BCUT2D eigenvalue weighted by Gasteiger charge is -2.43. The van der Waals surface area contributed by atoms with Crippen molar-refractivity contribution >= 4 is 12.1 Å². The summed E-state index contributed by atoms with van der Waals surface area (Å²) in [6.45, 7) is 3.30. The first-order valence-electron chi connectivity index (χ1n) is 12.3. The molecular weight excluding hydrogens is 456 g/mol. The maximum atomic E-state index is 13.0. The molecule has 3 aliphatic rings. The summed E-state index contributed by atoms with van der Waals surface area (Å²) in [5, 5.41) is 12.2. The van der Waals surface area contributed by atoms with E-state index in [9.17, 15) is 9.59 Å². The van der Waals surface area contributed by atoms with Crippen LogP contribution in [0, 0.1) is 5.92 Å². The van der Waals surface area contributed by atoms with Crippen LogP contribution in [0.25, 0.3) is 0 Å². The van der Waals surface area contributed by atoms with E-state index in [4.69, 9.17) is 14.6 Å². The number of rotatable bonds is 8. The fourth-order valence-corrected chi connectivity index (χ4v) is 5.03. The maximum absolute atomic E-state index is 13.0. The van der Waals surface area contributed by atoms with Crippen LogP contribution < -0.4 is 10.1 Å². The first kappa shape index (κ1) is 23.9. The van der Waals surface area contributed by atoms with Crippen molar-refractivity contribution in [2.75, 3.05) is 19.6 Å². The third-order valence-corrected chi connectivity index (χ3v) is 7.05. The molecular formula is C29H30N2O5. The number of aromatic carboxylic acids is 1. The second kappa shape index (κ2) is 10.8. The Hall–Kier alpha value is -3.84.